The lowest BCUT2D eigenvalue weighted by molar-refractivity contribution is 0.157. The maximum absolute atomic E-state index is 10.4. The van der Waals surface area contributed by atoms with E-state index in [1.165, 1.54) is 0 Å². The van der Waals surface area contributed by atoms with Crippen LogP contribution in [0.1, 0.15) is 17.5 Å². The first kappa shape index (κ1) is 13.2. The number of para-hydroxylation sites is 2. The highest BCUT2D eigenvalue weighted by Gasteiger charge is 2.13. The van der Waals surface area contributed by atoms with Crippen LogP contribution in [0.3, 0.4) is 0 Å². The van der Waals surface area contributed by atoms with Crippen molar-refractivity contribution in [2.75, 3.05) is 0 Å². The van der Waals surface area contributed by atoms with Crippen LogP contribution in [-0.4, -0.2) is 14.7 Å². The van der Waals surface area contributed by atoms with Gasteiger partial charge in [0.15, 0.2) is 0 Å². The molecule has 3 aromatic rings. The van der Waals surface area contributed by atoms with Gasteiger partial charge in [0.1, 0.15) is 5.82 Å². The second-order valence-electron chi connectivity index (χ2n) is 4.83. The molecule has 1 unspecified atom stereocenters. The van der Waals surface area contributed by atoms with E-state index < -0.39 is 6.10 Å². The minimum absolute atomic E-state index is 0.465. The highest BCUT2D eigenvalue weighted by molar-refractivity contribution is 6.30. The molecular formula is C16H15ClN2O. The van der Waals surface area contributed by atoms with Gasteiger partial charge in [-0.25, -0.2) is 4.98 Å². The largest absolute Gasteiger partial charge is 0.387 e. The molecule has 0 aliphatic carbocycles. The predicted molar refractivity (Wildman–Crippen MR) is 80.9 cm³/mol. The van der Waals surface area contributed by atoms with Crippen LogP contribution >= 0.6 is 11.6 Å². The number of hydrogen-bond donors (Lipinski definition) is 1. The van der Waals surface area contributed by atoms with Crippen molar-refractivity contribution in [3.05, 3.63) is 64.9 Å². The Morgan fingerprint density at radius 3 is 2.80 bits per heavy atom. The third-order valence-corrected chi connectivity index (χ3v) is 3.67. The number of aryl methyl sites for hydroxylation is 1. The van der Waals surface area contributed by atoms with E-state index in [0.717, 1.165) is 22.4 Å². The number of aliphatic hydroxyl groups excluding tert-OH is 1. The molecule has 0 amide bonds. The van der Waals surface area contributed by atoms with Crippen molar-refractivity contribution in [2.24, 2.45) is 0 Å². The summed E-state index contributed by atoms with van der Waals surface area (Å²) in [5.41, 5.74) is 2.80. The van der Waals surface area contributed by atoms with Gasteiger partial charge in [0.2, 0.25) is 0 Å². The van der Waals surface area contributed by atoms with Crippen molar-refractivity contribution in [3.8, 4) is 0 Å². The van der Waals surface area contributed by atoms with Gasteiger partial charge in [-0.2, -0.15) is 0 Å². The van der Waals surface area contributed by atoms with Gasteiger partial charge in [0, 0.05) is 5.02 Å². The van der Waals surface area contributed by atoms with E-state index >= 15 is 0 Å². The number of rotatable bonds is 3. The monoisotopic (exact) mass is 286 g/mol. The van der Waals surface area contributed by atoms with Crippen molar-refractivity contribution < 1.29 is 5.11 Å². The number of halogens is 1. The van der Waals surface area contributed by atoms with Crippen LogP contribution in [-0.2, 0) is 6.54 Å². The van der Waals surface area contributed by atoms with Crippen molar-refractivity contribution in [3.63, 3.8) is 0 Å². The van der Waals surface area contributed by atoms with E-state index in [1.54, 1.807) is 12.1 Å². The molecule has 0 saturated heterocycles. The first-order valence-electron chi connectivity index (χ1n) is 6.50. The highest BCUT2D eigenvalue weighted by Crippen LogP contribution is 2.22. The van der Waals surface area contributed by atoms with Crippen LogP contribution in [0, 0.1) is 6.92 Å². The van der Waals surface area contributed by atoms with E-state index in [2.05, 4.69) is 4.98 Å². The Kier molecular flexibility index (Phi) is 3.47. The number of aliphatic hydroxyl groups is 1. The summed E-state index contributed by atoms with van der Waals surface area (Å²) in [6.07, 6.45) is -0.606. The molecule has 1 N–H and O–H groups in total. The Hall–Kier alpha value is -1.84. The molecular weight excluding hydrogens is 272 g/mol. The fourth-order valence-electron chi connectivity index (χ4n) is 2.42. The van der Waals surface area contributed by atoms with E-state index in [4.69, 9.17) is 11.6 Å². The van der Waals surface area contributed by atoms with Gasteiger partial charge < -0.3 is 9.67 Å². The molecule has 0 saturated carbocycles. The first-order chi connectivity index (χ1) is 9.65. The number of aromatic nitrogens is 2. The Bertz CT molecular complexity index is 751. The number of imidazole rings is 1. The Balaban J connectivity index is 1.95. The van der Waals surface area contributed by atoms with Crippen LogP contribution in [0.15, 0.2) is 48.5 Å². The zero-order valence-corrected chi connectivity index (χ0v) is 11.9. The van der Waals surface area contributed by atoms with Gasteiger partial charge in [-0.05, 0) is 36.8 Å². The minimum atomic E-state index is -0.606. The molecule has 0 spiro atoms. The topological polar surface area (TPSA) is 38.0 Å². The average molecular weight is 287 g/mol. The van der Waals surface area contributed by atoms with Crippen molar-refractivity contribution in [1.29, 1.82) is 0 Å². The van der Waals surface area contributed by atoms with Gasteiger partial charge in [-0.15, -0.1) is 0 Å². The van der Waals surface area contributed by atoms with Crippen molar-refractivity contribution in [1.82, 2.24) is 9.55 Å². The Morgan fingerprint density at radius 1 is 1.20 bits per heavy atom. The van der Waals surface area contributed by atoms with Crippen LogP contribution < -0.4 is 0 Å². The summed E-state index contributed by atoms with van der Waals surface area (Å²) in [5, 5.41) is 11.0. The summed E-state index contributed by atoms with van der Waals surface area (Å²) in [4.78, 5) is 4.50. The normalized spacial score (nSPS) is 12.8. The zero-order valence-electron chi connectivity index (χ0n) is 11.1. The fraction of sp³-hybridized carbons (Fsp3) is 0.188. The summed E-state index contributed by atoms with van der Waals surface area (Å²) in [7, 11) is 0. The van der Waals surface area contributed by atoms with Gasteiger partial charge in [0.05, 0.1) is 23.7 Å². The van der Waals surface area contributed by atoms with E-state index in [1.807, 2.05) is 47.9 Å². The second kappa shape index (κ2) is 5.27. The molecule has 0 bridgehead atoms. The van der Waals surface area contributed by atoms with Crippen molar-refractivity contribution >= 4 is 22.6 Å². The van der Waals surface area contributed by atoms with Crippen LogP contribution in [0.25, 0.3) is 11.0 Å². The number of benzene rings is 2. The summed E-state index contributed by atoms with van der Waals surface area (Å²) in [5.74, 6) is 0.896. The summed E-state index contributed by atoms with van der Waals surface area (Å²) < 4.78 is 2.03. The molecule has 1 aromatic heterocycles. The molecule has 2 aromatic carbocycles. The number of nitrogens with zero attached hydrogens (tertiary/aromatic N) is 2. The molecule has 0 aliphatic heterocycles. The lowest BCUT2D eigenvalue weighted by Gasteiger charge is -2.14. The predicted octanol–water partition coefficient (Wildman–Crippen LogP) is 3.73. The molecule has 1 atom stereocenters. The average Bonchev–Trinajstić information content (AvgIpc) is 2.75. The summed E-state index contributed by atoms with van der Waals surface area (Å²) >= 11 is 5.97. The van der Waals surface area contributed by atoms with Crippen LogP contribution in [0.4, 0.5) is 0 Å². The zero-order chi connectivity index (χ0) is 14.1. The molecule has 1 heterocycles. The standard InChI is InChI=1S/C16H15ClN2O/c1-11-18-14-7-2-3-8-15(14)19(11)10-16(20)12-5-4-6-13(17)9-12/h2-9,16,20H,10H2,1H3. The highest BCUT2D eigenvalue weighted by atomic mass is 35.5. The molecule has 3 rings (SSSR count). The molecule has 0 radical (unpaired) electrons. The molecule has 0 aliphatic rings. The van der Waals surface area contributed by atoms with Crippen molar-refractivity contribution in [2.45, 2.75) is 19.6 Å². The smallest absolute Gasteiger partial charge is 0.106 e. The molecule has 102 valence electrons. The van der Waals surface area contributed by atoms with E-state index in [-0.39, 0.29) is 0 Å². The quantitative estimate of drug-likeness (QED) is 0.797. The Labute approximate surface area is 122 Å². The molecule has 20 heavy (non-hydrogen) atoms. The molecule has 0 fully saturated rings. The maximum atomic E-state index is 10.4. The van der Waals surface area contributed by atoms with E-state index in [9.17, 15) is 5.11 Å². The van der Waals surface area contributed by atoms with Crippen LogP contribution in [0.5, 0.6) is 0 Å². The lowest BCUT2D eigenvalue weighted by atomic mass is 10.1. The lowest BCUT2D eigenvalue weighted by Crippen LogP contribution is -2.10. The third-order valence-electron chi connectivity index (χ3n) is 3.43. The number of fused-ring (bicyclic) bond motifs is 1. The van der Waals surface area contributed by atoms with Crippen LogP contribution in [0.2, 0.25) is 5.02 Å². The summed E-state index contributed by atoms with van der Waals surface area (Å²) in [6.45, 7) is 2.41. The SMILES string of the molecule is Cc1nc2ccccc2n1CC(O)c1cccc(Cl)c1. The fourth-order valence-corrected chi connectivity index (χ4v) is 2.62. The van der Waals surface area contributed by atoms with Gasteiger partial charge >= 0.3 is 0 Å². The summed E-state index contributed by atoms with van der Waals surface area (Å²) in [6, 6.07) is 15.3. The van der Waals surface area contributed by atoms with Gasteiger partial charge in [-0.1, -0.05) is 35.9 Å². The van der Waals surface area contributed by atoms with E-state index in [0.29, 0.717) is 11.6 Å². The molecule has 3 nitrogen and oxygen atoms in total. The number of hydrogen-bond acceptors (Lipinski definition) is 2. The third kappa shape index (κ3) is 2.42. The van der Waals surface area contributed by atoms with Gasteiger partial charge in [0.25, 0.3) is 0 Å². The second-order valence-corrected chi connectivity index (χ2v) is 5.27. The van der Waals surface area contributed by atoms with Gasteiger partial charge in [-0.3, -0.25) is 0 Å². The minimum Gasteiger partial charge on any atom is -0.387 e. The molecule has 4 heteroatoms. The maximum Gasteiger partial charge on any atom is 0.106 e. The Morgan fingerprint density at radius 2 is 2.00 bits per heavy atom. The first-order valence-corrected chi connectivity index (χ1v) is 6.88.